The van der Waals surface area contributed by atoms with E-state index in [0.29, 0.717) is 15.7 Å². The molecule has 3 aromatic rings. The molecule has 23 heavy (non-hydrogen) atoms. The Labute approximate surface area is 150 Å². The van der Waals surface area contributed by atoms with Crippen LogP contribution in [0.2, 0.25) is 10.0 Å². The molecule has 0 atom stereocenters. The Morgan fingerprint density at radius 3 is 2.74 bits per heavy atom. The summed E-state index contributed by atoms with van der Waals surface area (Å²) in [5.41, 5.74) is 1.40. The minimum absolute atomic E-state index is 0.201. The van der Waals surface area contributed by atoms with Crippen molar-refractivity contribution >= 4 is 51.0 Å². The van der Waals surface area contributed by atoms with E-state index < -0.39 is 0 Å². The molecule has 0 amide bonds. The van der Waals surface area contributed by atoms with Crippen LogP contribution in [-0.4, -0.2) is 16.3 Å². The molecule has 7 heteroatoms. The maximum absolute atomic E-state index is 9.89. The van der Waals surface area contributed by atoms with Crippen molar-refractivity contribution in [2.24, 2.45) is 4.99 Å². The van der Waals surface area contributed by atoms with Crippen molar-refractivity contribution < 1.29 is 9.52 Å². The summed E-state index contributed by atoms with van der Waals surface area (Å²) >= 11 is 15.4. The van der Waals surface area contributed by atoms with Gasteiger partial charge in [-0.1, -0.05) is 35.3 Å². The van der Waals surface area contributed by atoms with Crippen molar-refractivity contribution in [2.75, 3.05) is 0 Å². The lowest BCUT2D eigenvalue weighted by molar-refractivity contribution is 0.337. The molecule has 0 aliphatic heterocycles. The van der Waals surface area contributed by atoms with Gasteiger partial charge < -0.3 is 9.52 Å². The van der Waals surface area contributed by atoms with E-state index in [0.717, 1.165) is 10.0 Å². The van der Waals surface area contributed by atoms with Gasteiger partial charge in [0.15, 0.2) is 5.69 Å². The average molecular weight is 412 g/mol. The summed E-state index contributed by atoms with van der Waals surface area (Å²) in [4.78, 5) is 8.43. The molecule has 3 rings (SSSR count). The molecular formula is C16H9BrCl2N2O2. The average Bonchev–Trinajstić information content (AvgIpc) is 2.89. The third-order valence-corrected chi connectivity index (χ3v) is 4.22. The van der Waals surface area contributed by atoms with Gasteiger partial charge in [-0.3, -0.25) is 4.99 Å². The van der Waals surface area contributed by atoms with Crippen molar-refractivity contribution in [1.82, 2.24) is 4.98 Å². The lowest BCUT2D eigenvalue weighted by Gasteiger charge is -1.97. The normalized spacial score (nSPS) is 11.3. The zero-order chi connectivity index (χ0) is 16.4. The van der Waals surface area contributed by atoms with Gasteiger partial charge in [-0.15, -0.1) is 0 Å². The largest absolute Gasteiger partial charge is 0.479 e. The molecule has 0 spiro atoms. The van der Waals surface area contributed by atoms with Crippen LogP contribution in [0.25, 0.3) is 11.5 Å². The van der Waals surface area contributed by atoms with Crippen LogP contribution in [0.3, 0.4) is 0 Å². The number of rotatable bonds is 3. The van der Waals surface area contributed by atoms with Crippen LogP contribution in [-0.2, 0) is 0 Å². The fourth-order valence-corrected chi connectivity index (χ4v) is 2.66. The number of hydrogen-bond acceptors (Lipinski definition) is 4. The van der Waals surface area contributed by atoms with Crippen LogP contribution in [0.1, 0.15) is 5.69 Å². The van der Waals surface area contributed by atoms with Crippen molar-refractivity contribution in [3.8, 4) is 17.4 Å². The lowest BCUT2D eigenvalue weighted by atomic mass is 10.2. The van der Waals surface area contributed by atoms with Gasteiger partial charge in [-0.05, 0) is 46.3 Å². The standard InChI is InChI=1S/C16H9BrCl2N2O2/c17-11-4-2-1-3-10(11)15-21-14(16(22)23-15)8-20-13-7-9(18)5-6-12(13)19/h1-8,22H. The summed E-state index contributed by atoms with van der Waals surface area (Å²) in [6.45, 7) is 0. The first-order chi connectivity index (χ1) is 11.0. The molecule has 2 aromatic carbocycles. The highest BCUT2D eigenvalue weighted by Crippen LogP contribution is 2.32. The van der Waals surface area contributed by atoms with Gasteiger partial charge in [0.1, 0.15) is 0 Å². The van der Waals surface area contributed by atoms with E-state index in [2.05, 4.69) is 25.9 Å². The number of hydrogen-bond donors (Lipinski definition) is 1. The monoisotopic (exact) mass is 410 g/mol. The van der Waals surface area contributed by atoms with Gasteiger partial charge in [0.2, 0.25) is 5.89 Å². The summed E-state index contributed by atoms with van der Waals surface area (Å²) < 4.78 is 6.10. The van der Waals surface area contributed by atoms with E-state index in [4.69, 9.17) is 27.6 Å². The molecule has 1 heterocycles. The highest BCUT2D eigenvalue weighted by molar-refractivity contribution is 9.10. The number of oxazole rings is 1. The van der Waals surface area contributed by atoms with Gasteiger partial charge in [0, 0.05) is 9.50 Å². The second-order valence-electron chi connectivity index (χ2n) is 4.54. The van der Waals surface area contributed by atoms with E-state index in [1.165, 1.54) is 6.21 Å². The zero-order valence-corrected chi connectivity index (χ0v) is 14.6. The number of aromatic hydroxyl groups is 1. The predicted molar refractivity (Wildman–Crippen MR) is 95.0 cm³/mol. The molecule has 0 radical (unpaired) electrons. The molecule has 4 nitrogen and oxygen atoms in total. The van der Waals surface area contributed by atoms with Gasteiger partial charge in [0.05, 0.1) is 22.5 Å². The van der Waals surface area contributed by atoms with E-state index >= 15 is 0 Å². The van der Waals surface area contributed by atoms with Crippen LogP contribution in [0.5, 0.6) is 5.95 Å². The molecule has 0 aliphatic carbocycles. The molecule has 0 aliphatic rings. The Kier molecular flexibility index (Phi) is 4.71. The van der Waals surface area contributed by atoms with Crippen molar-refractivity contribution in [3.63, 3.8) is 0 Å². The summed E-state index contributed by atoms with van der Waals surface area (Å²) in [5.74, 6) is -0.0359. The first kappa shape index (κ1) is 16.1. The Hall–Kier alpha value is -1.82. The zero-order valence-electron chi connectivity index (χ0n) is 11.5. The predicted octanol–water partition coefficient (Wildman–Crippen LogP) is 5.87. The molecule has 0 unspecified atom stereocenters. The van der Waals surface area contributed by atoms with Crippen LogP contribution in [0.4, 0.5) is 5.69 Å². The summed E-state index contributed by atoms with van der Waals surface area (Å²) in [6.07, 6.45) is 1.37. The number of halogens is 3. The molecular weight excluding hydrogens is 403 g/mol. The first-order valence-electron chi connectivity index (χ1n) is 6.48. The summed E-state index contributed by atoms with van der Waals surface area (Å²) in [7, 11) is 0. The maximum atomic E-state index is 9.89. The smallest absolute Gasteiger partial charge is 0.312 e. The Morgan fingerprint density at radius 2 is 1.96 bits per heavy atom. The first-order valence-corrected chi connectivity index (χ1v) is 8.03. The minimum Gasteiger partial charge on any atom is -0.479 e. The second-order valence-corrected chi connectivity index (χ2v) is 6.24. The summed E-state index contributed by atoms with van der Waals surface area (Å²) in [5, 5.41) is 10.8. The van der Waals surface area contributed by atoms with Gasteiger partial charge in [-0.2, -0.15) is 0 Å². The number of benzene rings is 2. The molecule has 0 saturated heterocycles. The van der Waals surface area contributed by atoms with Crippen LogP contribution < -0.4 is 0 Å². The molecule has 0 saturated carbocycles. The van der Waals surface area contributed by atoms with E-state index in [1.54, 1.807) is 18.2 Å². The van der Waals surface area contributed by atoms with E-state index in [-0.39, 0.29) is 17.5 Å². The fourth-order valence-electron chi connectivity index (χ4n) is 1.87. The Morgan fingerprint density at radius 1 is 1.17 bits per heavy atom. The van der Waals surface area contributed by atoms with Gasteiger partial charge >= 0.3 is 5.95 Å². The fraction of sp³-hybridized carbons (Fsp3) is 0. The number of nitrogens with zero attached hydrogens (tertiary/aromatic N) is 2. The molecule has 0 bridgehead atoms. The lowest BCUT2D eigenvalue weighted by Crippen LogP contribution is -1.84. The highest BCUT2D eigenvalue weighted by Gasteiger charge is 2.14. The Bertz CT molecular complexity index is 894. The SMILES string of the molecule is Oc1oc(-c2ccccc2Br)nc1C=Nc1cc(Cl)ccc1Cl. The third-order valence-electron chi connectivity index (χ3n) is 2.97. The van der Waals surface area contributed by atoms with E-state index in [9.17, 15) is 5.11 Å². The van der Waals surface area contributed by atoms with Crippen molar-refractivity contribution in [3.05, 3.63) is 62.7 Å². The highest BCUT2D eigenvalue weighted by atomic mass is 79.9. The van der Waals surface area contributed by atoms with Crippen LogP contribution >= 0.6 is 39.1 Å². The molecule has 0 fully saturated rings. The van der Waals surface area contributed by atoms with E-state index in [1.807, 2.05) is 24.3 Å². The van der Waals surface area contributed by atoms with Crippen LogP contribution in [0, 0.1) is 0 Å². The topological polar surface area (TPSA) is 58.6 Å². The summed E-state index contributed by atoms with van der Waals surface area (Å²) in [6, 6.07) is 12.3. The van der Waals surface area contributed by atoms with Crippen LogP contribution in [0.15, 0.2) is 56.3 Å². The van der Waals surface area contributed by atoms with Crippen molar-refractivity contribution in [2.45, 2.75) is 0 Å². The molecule has 116 valence electrons. The number of aromatic nitrogens is 1. The Balaban J connectivity index is 1.94. The van der Waals surface area contributed by atoms with Crippen molar-refractivity contribution in [1.29, 1.82) is 0 Å². The van der Waals surface area contributed by atoms with Gasteiger partial charge in [0.25, 0.3) is 0 Å². The molecule has 1 aromatic heterocycles. The second kappa shape index (κ2) is 6.74. The number of aliphatic imine (C=N–C) groups is 1. The van der Waals surface area contributed by atoms with Gasteiger partial charge in [-0.25, -0.2) is 4.98 Å². The quantitative estimate of drug-likeness (QED) is 0.548. The molecule has 1 N–H and O–H groups in total. The minimum atomic E-state index is -0.322. The maximum Gasteiger partial charge on any atom is 0.312 e. The third kappa shape index (κ3) is 3.58.